The van der Waals surface area contributed by atoms with Crippen LogP contribution in [-0.4, -0.2) is 22.8 Å². The fourth-order valence-electron chi connectivity index (χ4n) is 1.98. The zero-order valence-electron chi connectivity index (χ0n) is 14.0. The summed E-state index contributed by atoms with van der Waals surface area (Å²) in [6, 6.07) is 8.53. The molecule has 1 fully saturated rings. The van der Waals surface area contributed by atoms with Crippen LogP contribution in [-0.2, 0) is 14.3 Å². The Morgan fingerprint density at radius 3 is 2.32 bits per heavy atom. The summed E-state index contributed by atoms with van der Waals surface area (Å²) in [5.74, 6) is 0.229. The molecule has 1 saturated carbocycles. The summed E-state index contributed by atoms with van der Waals surface area (Å²) in [7, 11) is -5.11. The van der Waals surface area contributed by atoms with Gasteiger partial charge in [-0.2, -0.15) is 0 Å². The molecule has 0 N–H and O–H groups in total. The van der Waals surface area contributed by atoms with Gasteiger partial charge < -0.3 is 4.43 Å². The summed E-state index contributed by atoms with van der Waals surface area (Å²) in [5.41, 5.74) is 0. The van der Waals surface area contributed by atoms with E-state index in [4.69, 9.17) is 4.43 Å². The molecule has 3 nitrogen and oxygen atoms in total. The lowest BCUT2D eigenvalue weighted by Gasteiger charge is -2.36. The average molecular weight is 339 g/mol. The molecule has 0 aliphatic heterocycles. The van der Waals surface area contributed by atoms with Gasteiger partial charge in [-0.15, -0.1) is 0 Å². The first-order chi connectivity index (χ1) is 10.0. The summed E-state index contributed by atoms with van der Waals surface area (Å²) < 4.78 is 30.7. The molecule has 1 aliphatic carbocycles. The average Bonchev–Trinajstić information content (AvgIpc) is 3.14. The van der Waals surface area contributed by atoms with Crippen LogP contribution < -0.4 is 0 Å². The molecule has 5 heteroatoms. The fourth-order valence-corrected chi connectivity index (χ4v) is 4.46. The van der Waals surface area contributed by atoms with Gasteiger partial charge in [0.05, 0.1) is 11.0 Å². The Hall–Kier alpha value is -0.913. The van der Waals surface area contributed by atoms with Crippen molar-refractivity contribution in [3.63, 3.8) is 0 Å². The molecule has 2 rings (SSSR count). The summed E-state index contributed by atoms with van der Waals surface area (Å²) in [6.45, 7) is 11.1. The molecule has 0 amide bonds. The third kappa shape index (κ3) is 4.09. The number of rotatable bonds is 5. The maximum Gasteiger partial charge on any atom is 0.199 e. The van der Waals surface area contributed by atoms with Crippen LogP contribution in [0.2, 0.25) is 18.1 Å². The predicted molar refractivity (Wildman–Crippen MR) is 92.9 cm³/mol. The summed E-state index contributed by atoms with van der Waals surface area (Å²) >= 11 is 0. The molecule has 2 atom stereocenters. The molecular weight excluding hydrogens is 312 g/mol. The van der Waals surface area contributed by atoms with Gasteiger partial charge in [0.15, 0.2) is 18.2 Å². The predicted octanol–water partition coefficient (Wildman–Crippen LogP) is 4.38. The van der Waals surface area contributed by atoms with E-state index in [1.807, 2.05) is 6.07 Å². The molecule has 0 aromatic heterocycles. The van der Waals surface area contributed by atoms with Crippen molar-refractivity contribution in [2.75, 3.05) is 0 Å². The Kier molecular flexibility index (Phi) is 4.71. The summed E-state index contributed by atoms with van der Waals surface area (Å²) in [6.07, 6.45) is 2.90. The highest BCUT2D eigenvalue weighted by Crippen LogP contribution is 2.44. The second-order valence-corrected chi connectivity index (χ2v) is 14.1. The lowest BCUT2D eigenvalue weighted by atomic mass is 10.2. The van der Waals surface area contributed by atoms with E-state index in [9.17, 15) is 8.42 Å². The fraction of sp³-hybridized carbons (Fsp3) is 0.529. The first kappa shape index (κ1) is 17.4. The van der Waals surface area contributed by atoms with Gasteiger partial charge in [0.2, 0.25) is 0 Å². The molecular formula is C17H26O3SSi. The largest absolute Gasteiger partial charge is 0.413 e. The SMILES string of the molecule is CC(C)(C)[Si](C)(C)O[C@@H]1C[C@H]1/C=C/S(=O)(=O)c1ccccc1. The second kappa shape index (κ2) is 5.94. The van der Waals surface area contributed by atoms with Gasteiger partial charge in [0.1, 0.15) is 0 Å². The Labute approximate surface area is 135 Å². The Bertz CT molecular complexity index is 642. The molecule has 1 aromatic rings. The molecule has 0 saturated heterocycles. The minimum atomic E-state index is -3.34. The van der Waals surface area contributed by atoms with Gasteiger partial charge in [-0.1, -0.05) is 45.0 Å². The van der Waals surface area contributed by atoms with Gasteiger partial charge in [0, 0.05) is 11.3 Å². The van der Waals surface area contributed by atoms with E-state index in [2.05, 4.69) is 33.9 Å². The van der Waals surface area contributed by atoms with E-state index in [0.29, 0.717) is 4.90 Å². The highest BCUT2D eigenvalue weighted by atomic mass is 32.2. The van der Waals surface area contributed by atoms with Crippen molar-refractivity contribution in [2.45, 2.75) is 56.3 Å². The monoisotopic (exact) mass is 338 g/mol. The number of benzene rings is 1. The van der Waals surface area contributed by atoms with Crippen LogP contribution in [0.15, 0.2) is 46.7 Å². The quantitative estimate of drug-likeness (QED) is 0.748. The van der Waals surface area contributed by atoms with E-state index in [-0.39, 0.29) is 17.1 Å². The highest BCUT2D eigenvalue weighted by Gasteiger charge is 2.45. The van der Waals surface area contributed by atoms with Gasteiger partial charge in [-0.05, 0) is 36.7 Å². The minimum Gasteiger partial charge on any atom is -0.413 e. The van der Waals surface area contributed by atoms with Crippen molar-refractivity contribution in [3.8, 4) is 0 Å². The normalized spacial score (nSPS) is 23.0. The first-order valence-corrected chi connectivity index (χ1v) is 12.1. The van der Waals surface area contributed by atoms with Crippen molar-refractivity contribution in [3.05, 3.63) is 41.8 Å². The lowest BCUT2D eigenvalue weighted by Crippen LogP contribution is -2.41. The van der Waals surface area contributed by atoms with E-state index in [1.165, 1.54) is 5.41 Å². The van der Waals surface area contributed by atoms with Crippen LogP contribution in [0.4, 0.5) is 0 Å². The van der Waals surface area contributed by atoms with E-state index >= 15 is 0 Å². The third-order valence-electron chi connectivity index (χ3n) is 4.61. The van der Waals surface area contributed by atoms with Crippen LogP contribution in [0.25, 0.3) is 0 Å². The van der Waals surface area contributed by atoms with Gasteiger partial charge in [-0.3, -0.25) is 0 Å². The summed E-state index contributed by atoms with van der Waals surface area (Å²) in [5, 5.41) is 1.52. The lowest BCUT2D eigenvalue weighted by molar-refractivity contribution is 0.264. The number of hydrogen-bond donors (Lipinski definition) is 0. The van der Waals surface area contributed by atoms with Crippen molar-refractivity contribution >= 4 is 18.2 Å². The molecule has 0 heterocycles. The number of hydrogen-bond acceptors (Lipinski definition) is 3. The van der Waals surface area contributed by atoms with Crippen LogP contribution >= 0.6 is 0 Å². The first-order valence-electron chi connectivity index (χ1n) is 7.69. The Morgan fingerprint density at radius 2 is 1.77 bits per heavy atom. The van der Waals surface area contributed by atoms with Crippen molar-refractivity contribution in [1.82, 2.24) is 0 Å². The van der Waals surface area contributed by atoms with E-state index in [1.54, 1.807) is 30.3 Å². The summed E-state index contributed by atoms with van der Waals surface area (Å²) in [4.78, 5) is 0.341. The van der Waals surface area contributed by atoms with Crippen LogP contribution in [0.3, 0.4) is 0 Å². The Morgan fingerprint density at radius 1 is 1.18 bits per heavy atom. The second-order valence-electron chi connectivity index (χ2n) is 7.50. The Balaban J connectivity index is 1.98. The van der Waals surface area contributed by atoms with E-state index in [0.717, 1.165) is 6.42 Å². The molecule has 0 radical (unpaired) electrons. The van der Waals surface area contributed by atoms with Crippen molar-refractivity contribution in [1.29, 1.82) is 0 Å². The number of sulfone groups is 1. The highest BCUT2D eigenvalue weighted by molar-refractivity contribution is 7.94. The maximum atomic E-state index is 12.2. The van der Waals surface area contributed by atoms with Crippen molar-refractivity contribution < 1.29 is 12.8 Å². The third-order valence-corrected chi connectivity index (χ3v) is 10.6. The van der Waals surface area contributed by atoms with Crippen LogP contribution in [0, 0.1) is 5.92 Å². The zero-order valence-corrected chi connectivity index (χ0v) is 15.9. The molecule has 0 spiro atoms. The van der Waals surface area contributed by atoms with Crippen LogP contribution in [0.1, 0.15) is 27.2 Å². The molecule has 122 valence electrons. The standard InChI is InChI=1S/C17H26O3SSi/c1-17(2,3)22(4,5)20-16-13-14(16)11-12-21(18,19)15-9-7-6-8-10-15/h6-12,14,16H,13H2,1-5H3/b12-11+/t14-,16-/m1/s1. The van der Waals surface area contributed by atoms with Gasteiger partial charge in [-0.25, -0.2) is 8.42 Å². The molecule has 0 unspecified atom stereocenters. The minimum absolute atomic E-state index is 0.181. The van der Waals surface area contributed by atoms with Crippen LogP contribution in [0.5, 0.6) is 0 Å². The van der Waals surface area contributed by atoms with Gasteiger partial charge in [0.25, 0.3) is 0 Å². The molecule has 1 aliphatic rings. The van der Waals surface area contributed by atoms with Gasteiger partial charge >= 0.3 is 0 Å². The molecule has 1 aromatic carbocycles. The maximum absolute atomic E-state index is 12.2. The smallest absolute Gasteiger partial charge is 0.199 e. The topological polar surface area (TPSA) is 43.4 Å². The molecule has 22 heavy (non-hydrogen) atoms. The zero-order chi connectivity index (χ0) is 16.6. The molecule has 0 bridgehead atoms. The van der Waals surface area contributed by atoms with Crippen molar-refractivity contribution in [2.24, 2.45) is 5.92 Å². The van der Waals surface area contributed by atoms with E-state index < -0.39 is 18.2 Å².